The van der Waals surface area contributed by atoms with Crippen LogP contribution in [0.4, 0.5) is 11.5 Å². The van der Waals surface area contributed by atoms with Crippen molar-refractivity contribution in [2.24, 2.45) is 26.1 Å². The zero-order valence-electron chi connectivity index (χ0n) is 18.2. The van der Waals surface area contributed by atoms with Gasteiger partial charge in [0.15, 0.2) is 11.6 Å². The number of fused-ring (bicyclic) bond motifs is 1. The molecule has 0 atom stereocenters. The van der Waals surface area contributed by atoms with Crippen LogP contribution in [0, 0.1) is 5.92 Å². The first-order chi connectivity index (χ1) is 15.2. The average Bonchev–Trinajstić information content (AvgIpc) is 3.44. The van der Waals surface area contributed by atoms with Gasteiger partial charge in [-0.3, -0.25) is 4.99 Å². The van der Waals surface area contributed by atoms with Gasteiger partial charge in [0.1, 0.15) is 17.2 Å². The molecular formula is C20H25N9O2S. The van der Waals surface area contributed by atoms with Gasteiger partial charge >= 0.3 is 0 Å². The molecule has 2 aliphatic rings. The Kier molecular flexibility index (Phi) is 5.98. The first-order valence-electron chi connectivity index (χ1n) is 10.3. The van der Waals surface area contributed by atoms with E-state index in [1.165, 1.54) is 4.79 Å². The molecule has 2 aromatic rings. The van der Waals surface area contributed by atoms with E-state index in [0.29, 0.717) is 35.5 Å². The second-order valence-corrected chi connectivity index (χ2v) is 9.55. The van der Waals surface area contributed by atoms with Gasteiger partial charge in [-0.15, -0.1) is 15.0 Å². The Morgan fingerprint density at radius 2 is 2.12 bits per heavy atom. The van der Waals surface area contributed by atoms with Gasteiger partial charge in [-0.25, -0.2) is 28.5 Å². The summed E-state index contributed by atoms with van der Waals surface area (Å²) in [7, 11) is -3.83. The molecule has 0 aliphatic carbocycles. The lowest BCUT2D eigenvalue weighted by Crippen LogP contribution is -2.27. The van der Waals surface area contributed by atoms with Crippen LogP contribution in [0.3, 0.4) is 0 Å². The highest BCUT2D eigenvalue weighted by Crippen LogP contribution is 2.21. The Balaban J connectivity index is 1.68. The van der Waals surface area contributed by atoms with Crippen molar-refractivity contribution in [1.29, 1.82) is 0 Å². The van der Waals surface area contributed by atoms with Gasteiger partial charge in [0, 0.05) is 25.7 Å². The monoisotopic (exact) mass is 455 g/mol. The van der Waals surface area contributed by atoms with E-state index in [-0.39, 0.29) is 11.4 Å². The molecular weight excluding hydrogens is 430 g/mol. The second kappa shape index (κ2) is 8.71. The summed E-state index contributed by atoms with van der Waals surface area (Å²) in [6, 6.07) is 3.73. The van der Waals surface area contributed by atoms with E-state index >= 15 is 0 Å². The summed E-state index contributed by atoms with van der Waals surface area (Å²) >= 11 is 0. The number of anilines is 1. The summed E-state index contributed by atoms with van der Waals surface area (Å²) in [5.74, 6) is 1.20. The molecule has 0 bridgehead atoms. The van der Waals surface area contributed by atoms with Crippen molar-refractivity contribution in [2.75, 3.05) is 23.7 Å². The number of primary sulfonamides is 1. The van der Waals surface area contributed by atoms with E-state index < -0.39 is 15.8 Å². The molecule has 0 unspecified atom stereocenters. The fourth-order valence-electron chi connectivity index (χ4n) is 3.45. The summed E-state index contributed by atoms with van der Waals surface area (Å²) in [6.45, 7) is 8.21. The Morgan fingerprint density at radius 1 is 1.31 bits per heavy atom. The van der Waals surface area contributed by atoms with Crippen LogP contribution in [0.2, 0.25) is 0 Å². The molecule has 2 aliphatic heterocycles. The largest absolute Gasteiger partial charge is 0.370 e. The summed E-state index contributed by atoms with van der Waals surface area (Å²) in [5.41, 5.74) is 2.15. The number of pyridine rings is 1. The minimum absolute atomic E-state index is 0.168. The van der Waals surface area contributed by atoms with Gasteiger partial charge in [0.2, 0.25) is 15.8 Å². The lowest BCUT2D eigenvalue weighted by Gasteiger charge is -2.24. The number of aliphatic imine (C=N–C) groups is 2. The molecule has 4 rings (SSSR count). The smallest absolute Gasteiger partial charge is 0.214 e. The lowest BCUT2D eigenvalue weighted by molar-refractivity contribution is 0.601. The number of hydrogen-bond donors (Lipinski definition) is 1. The number of allylic oxidation sites excluding steroid dienone is 1. The van der Waals surface area contributed by atoms with Crippen LogP contribution in [0.5, 0.6) is 0 Å². The molecule has 0 fully saturated rings. The zero-order valence-corrected chi connectivity index (χ0v) is 19.0. The van der Waals surface area contributed by atoms with Crippen molar-refractivity contribution in [3.63, 3.8) is 0 Å². The molecule has 0 amide bonds. The third-order valence-electron chi connectivity index (χ3n) is 4.83. The van der Waals surface area contributed by atoms with Crippen LogP contribution in [0.15, 0.2) is 45.7 Å². The quantitative estimate of drug-likeness (QED) is 0.638. The summed E-state index contributed by atoms with van der Waals surface area (Å²) in [6.07, 6.45) is 5.97. The predicted molar refractivity (Wildman–Crippen MR) is 124 cm³/mol. The van der Waals surface area contributed by atoms with Gasteiger partial charge in [-0.1, -0.05) is 19.9 Å². The maximum atomic E-state index is 11.7. The predicted octanol–water partition coefficient (Wildman–Crippen LogP) is 1.49. The van der Waals surface area contributed by atoms with E-state index in [1.807, 2.05) is 12.1 Å². The van der Waals surface area contributed by atoms with E-state index in [0.717, 1.165) is 18.8 Å². The third kappa shape index (κ3) is 4.81. The fourth-order valence-corrected chi connectivity index (χ4v) is 4.03. The maximum absolute atomic E-state index is 11.7. The second-order valence-electron chi connectivity index (χ2n) is 7.93. The third-order valence-corrected chi connectivity index (χ3v) is 5.50. The summed E-state index contributed by atoms with van der Waals surface area (Å²) in [5, 5.41) is 13.8. The van der Waals surface area contributed by atoms with E-state index in [2.05, 4.69) is 55.8 Å². The van der Waals surface area contributed by atoms with Crippen LogP contribution in [-0.4, -0.2) is 64.3 Å². The molecule has 168 valence electrons. The Bertz CT molecular complexity index is 1240. The van der Waals surface area contributed by atoms with E-state index in [4.69, 9.17) is 5.14 Å². The molecule has 2 N–H and O–H groups in total. The average molecular weight is 456 g/mol. The molecule has 0 saturated carbocycles. The van der Waals surface area contributed by atoms with Gasteiger partial charge in [0.05, 0.1) is 17.6 Å². The van der Waals surface area contributed by atoms with Crippen LogP contribution in [0.25, 0.3) is 0 Å². The van der Waals surface area contributed by atoms with Gasteiger partial charge in [-0.05, 0) is 25.0 Å². The molecule has 11 nitrogen and oxygen atoms in total. The number of aromatic nitrogens is 4. The number of hydrogen-bond acceptors (Lipinski definition) is 9. The molecule has 0 aromatic carbocycles. The first kappa shape index (κ1) is 22.0. The molecule has 0 spiro atoms. The summed E-state index contributed by atoms with van der Waals surface area (Å²) < 4.78 is 23.4. The highest BCUT2D eigenvalue weighted by Gasteiger charge is 2.31. The minimum atomic E-state index is -3.83. The topological polar surface area (TPSA) is 144 Å². The Hall–Kier alpha value is -3.25. The van der Waals surface area contributed by atoms with Gasteiger partial charge in [-0.2, -0.15) is 0 Å². The SMILES string of the molecule is CCN(CC(C)C)c1ccc(N=C2C(CS(N)(=O)=O)=Nn3nc(C4=NC=CC4)nc32)nc1. The number of rotatable bonds is 8. The van der Waals surface area contributed by atoms with Crippen LogP contribution in [0.1, 0.15) is 38.8 Å². The lowest BCUT2D eigenvalue weighted by atomic mass is 10.2. The van der Waals surface area contributed by atoms with E-state index in [9.17, 15) is 8.42 Å². The van der Waals surface area contributed by atoms with Crippen molar-refractivity contribution < 1.29 is 8.42 Å². The van der Waals surface area contributed by atoms with E-state index in [1.54, 1.807) is 18.5 Å². The molecule has 0 radical (unpaired) electrons. The fraction of sp³-hybridized carbons (Fsp3) is 0.400. The van der Waals surface area contributed by atoms with Crippen LogP contribution in [-0.2, 0) is 10.0 Å². The molecule has 0 saturated heterocycles. The maximum Gasteiger partial charge on any atom is 0.214 e. The Morgan fingerprint density at radius 3 is 2.72 bits per heavy atom. The van der Waals surface area contributed by atoms with Gasteiger partial charge < -0.3 is 4.90 Å². The van der Waals surface area contributed by atoms with Crippen molar-refractivity contribution in [2.45, 2.75) is 27.2 Å². The minimum Gasteiger partial charge on any atom is -0.370 e. The molecule has 4 heterocycles. The number of sulfonamides is 1. The first-order valence-corrected chi connectivity index (χ1v) is 12.0. The number of nitrogens with two attached hydrogens (primary N) is 1. The van der Waals surface area contributed by atoms with Gasteiger partial charge in [0.25, 0.3) is 0 Å². The van der Waals surface area contributed by atoms with Crippen molar-refractivity contribution in [1.82, 2.24) is 19.9 Å². The van der Waals surface area contributed by atoms with Crippen molar-refractivity contribution >= 4 is 38.7 Å². The highest BCUT2D eigenvalue weighted by molar-refractivity contribution is 7.90. The zero-order chi connectivity index (χ0) is 22.9. The molecule has 12 heteroatoms. The Labute approximate surface area is 186 Å². The van der Waals surface area contributed by atoms with Crippen LogP contribution >= 0.6 is 0 Å². The standard InChI is InChI=1S/C20H25N9O2S/c1-4-28(11-13(2)3)14-7-8-17(23-10-14)24-18-16(12-32(21,30)31)26-29-20(18)25-19(27-29)15-6-5-9-22-15/h5,7-10,13H,4,6,11-12H2,1-3H3,(H2,21,30,31). The van der Waals surface area contributed by atoms with Crippen LogP contribution < -0.4 is 10.0 Å². The van der Waals surface area contributed by atoms with Crippen molar-refractivity contribution in [3.05, 3.63) is 42.3 Å². The highest BCUT2D eigenvalue weighted by atomic mass is 32.2. The van der Waals surface area contributed by atoms with Crippen molar-refractivity contribution in [3.8, 4) is 0 Å². The summed E-state index contributed by atoms with van der Waals surface area (Å²) in [4.78, 5) is 21.2. The molecule has 2 aromatic heterocycles. The normalized spacial score (nSPS) is 16.6. The molecule has 32 heavy (non-hydrogen) atoms. The number of nitrogens with zero attached hydrogens (tertiary/aromatic N) is 8.